The van der Waals surface area contributed by atoms with Crippen molar-refractivity contribution in [2.45, 2.75) is 0 Å². The minimum atomic E-state index is -0.696. The van der Waals surface area contributed by atoms with Crippen LogP contribution in [0.4, 0.5) is 4.39 Å². The first-order valence-corrected chi connectivity index (χ1v) is 5.55. The molecule has 0 aliphatic heterocycles. The Morgan fingerprint density at radius 3 is 2.89 bits per heavy atom. The molecule has 0 saturated heterocycles. The van der Waals surface area contributed by atoms with Gasteiger partial charge in [-0.1, -0.05) is 22.8 Å². The second-order valence-electron chi connectivity index (χ2n) is 3.51. The molecule has 3 N–H and O–H groups in total. The van der Waals surface area contributed by atoms with Gasteiger partial charge in [-0.25, -0.2) is 4.39 Å². The summed E-state index contributed by atoms with van der Waals surface area (Å²) in [6.07, 6.45) is 2.77. The Balaban J connectivity index is 2.42. The van der Waals surface area contributed by atoms with Gasteiger partial charge in [0.2, 0.25) is 0 Å². The molecule has 0 fully saturated rings. The minimum Gasteiger partial charge on any atom is -0.452 e. The van der Waals surface area contributed by atoms with Crippen LogP contribution < -0.4 is 10.5 Å². The molecule has 1 aromatic heterocycles. The lowest BCUT2D eigenvalue weighted by atomic mass is 10.2. The molecule has 0 bridgehead atoms. The van der Waals surface area contributed by atoms with E-state index in [4.69, 9.17) is 27.3 Å². The second kappa shape index (κ2) is 5.53. The lowest BCUT2D eigenvalue weighted by molar-refractivity contribution is 0.318. The Bertz CT molecular complexity index is 634. The molecule has 0 aliphatic carbocycles. The van der Waals surface area contributed by atoms with Gasteiger partial charge < -0.3 is 15.7 Å². The topological polar surface area (TPSA) is 80.7 Å². The average Bonchev–Trinajstić information content (AvgIpc) is 2.43. The monoisotopic (exact) mass is 281 g/mol. The number of oxime groups is 1. The Labute approximate surface area is 113 Å². The maximum Gasteiger partial charge on any atom is 0.184 e. The summed E-state index contributed by atoms with van der Waals surface area (Å²) in [5.74, 6) is -0.787. The lowest BCUT2D eigenvalue weighted by Crippen LogP contribution is -2.14. The highest BCUT2D eigenvalue weighted by Gasteiger charge is 2.13. The van der Waals surface area contributed by atoms with E-state index in [2.05, 4.69) is 10.1 Å². The standard InChI is InChI=1S/C12H9ClFN3O2/c13-8-2-1-3-9(11(8)14)19-10-6-16-5-4-7(10)12(15)17-18/h1-6,18H,(H2,15,17). The van der Waals surface area contributed by atoms with E-state index in [1.54, 1.807) is 6.07 Å². The third-order valence-corrected chi connectivity index (χ3v) is 2.60. The van der Waals surface area contributed by atoms with Gasteiger partial charge in [-0.15, -0.1) is 0 Å². The van der Waals surface area contributed by atoms with Crippen molar-refractivity contribution < 1.29 is 14.3 Å². The number of pyridine rings is 1. The van der Waals surface area contributed by atoms with E-state index in [0.717, 1.165) is 0 Å². The van der Waals surface area contributed by atoms with E-state index in [1.807, 2.05) is 0 Å². The van der Waals surface area contributed by atoms with Crippen LogP contribution in [-0.4, -0.2) is 16.0 Å². The third-order valence-electron chi connectivity index (χ3n) is 2.30. The van der Waals surface area contributed by atoms with Crippen LogP contribution in [0, 0.1) is 5.82 Å². The van der Waals surface area contributed by atoms with Crippen molar-refractivity contribution >= 4 is 17.4 Å². The average molecular weight is 282 g/mol. The van der Waals surface area contributed by atoms with Gasteiger partial charge in [0.25, 0.3) is 0 Å². The number of amidine groups is 1. The fourth-order valence-electron chi connectivity index (χ4n) is 1.41. The van der Waals surface area contributed by atoms with Crippen LogP contribution in [-0.2, 0) is 0 Å². The number of nitrogens with zero attached hydrogens (tertiary/aromatic N) is 2. The van der Waals surface area contributed by atoms with E-state index in [9.17, 15) is 4.39 Å². The predicted octanol–water partition coefficient (Wildman–Crippen LogP) is 2.76. The van der Waals surface area contributed by atoms with Gasteiger partial charge in [-0.3, -0.25) is 4.98 Å². The fourth-order valence-corrected chi connectivity index (χ4v) is 1.57. The van der Waals surface area contributed by atoms with Gasteiger partial charge in [0.05, 0.1) is 16.8 Å². The molecule has 0 radical (unpaired) electrons. The fraction of sp³-hybridized carbons (Fsp3) is 0. The minimum absolute atomic E-state index is 0.0632. The number of hydrogen-bond donors (Lipinski definition) is 2. The third kappa shape index (κ3) is 2.74. The molecule has 0 amide bonds. The summed E-state index contributed by atoms with van der Waals surface area (Å²) in [4.78, 5) is 3.84. The van der Waals surface area contributed by atoms with Crippen LogP contribution in [0.1, 0.15) is 5.56 Å². The molecule has 1 aromatic carbocycles. The molecule has 5 nitrogen and oxygen atoms in total. The van der Waals surface area contributed by atoms with E-state index in [0.29, 0.717) is 0 Å². The largest absolute Gasteiger partial charge is 0.452 e. The Hall–Kier alpha value is -2.34. The first-order valence-electron chi connectivity index (χ1n) is 5.17. The smallest absolute Gasteiger partial charge is 0.184 e. The first-order chi connectivity index (χ1) is 9.13. The Kier molecular flexibility index (Phi) is 3.82. The summed E-state index contributed by atoms with van der Waals surface area (Å²) in [5.41, 5.74) is 5.78. The van der Waals surface area contributed by atoms with E-state index >= 15 is 0 Å². The predicted molar refractivity (Wildman–Crippen MR) is 68.2 cm³/mol. The summed E-state index contributed by atoms with van der Waals surface area (Å²) < 4.78 is 19.1. The SMILES string of the molecule is N/C(=N/O)c1ccncc1Oc1cccc(Cl)c1F. The van der Waals surface area contributed by atoms with Crippen LogP contribution >= 0.6 is 11.6 Å². The lowest BCUT2D eigenvalue weighted by Gasteiger charge is -2.10. The molecule has 1 heterocycles. The van der Waals surface area contributed by atoms with Crippen LogP contribution in [0.3, 0.4) is 0 Å². The zero-order valence-electron chi connectivity index (χ0n) is 9.55. The van der Waals surface area contributed by atoms with Crippen molar-refractivity contribution in [3.63, 3.8) is 0 Å². The number of aromatic nitrogens is 1. The summed E-state index contributed by atoms with van der Waals surface area (Å²) in [5, 5.41) is 11.5. The van der Waals surface area contributed by atoms with Crippen molar-refractivity contribution in [2.75, 3.05) is 0 Å². The number of rotatable bonds is 3. The number of nitrogens with two attached hydrogens (primary N) is 1. The van der Waals surface area contributed by atoms with E-state index in [-0.39, 0.29) is 27.9 Å². The van der Waals surface area contributed by atoms with Crippen LogP contribution in [0.15, 0.2) is 41.8 Å². The molecule has 0 saturated carbocycles. The zero-order chi connectivity index (χ0) is 13.8. The molecule has 0 unspecified atom stereocenters. The van der Waals surface area contributed by atoms with Gasteiger partial charge in [0.15, 0.2) is 23.2 Å². The number of ether oxygens (including phenoxy) is 1. The van der Waals surface area contributed by atoms with Crippen LogP contribution in [0.25, 0.3) is 0 Å². The van der Waals surface area contributed by atoms with Crippen LogP contribution in [0.2, 0.25) is 5.02 Å². The summed E-state index contributed by atoms with van der Waals surface area (Å²) >= 11 is 5.65. The Morgan fingerprint density at radius 2 is 2.16 bits per heavy atom. The summed E-state index contributed by atoms with van der Waals surface area (Å²) in [6, 6.07) is 5.83. The Morgan fingerprint density at radius 1 is 1.37 bits per heavy atom. The second-order valence-corrected chi connectivity index (χ2v) is 3.92. The van der Waals surface area contributed by atoms with Gasteiger partial charge in [0.1, 0.15) is 0 Å². The molecule has 7 heteroatoms. The molecule has 2 aromatic rings. The van der Waals surface area contributed by atoms with Crippen molar-refractivity contribution in [1.29, 1.82) is 0 Å². The normalized spacial score (nSPS) is 11.4. The van der Waals surface area contributed by atoms with Gasteiger partial charge in [-0.05, 0) is 18.2 Å². The molecule has 2 rings (SSSR count). The molecule has 0 atom stereocenters. The van der Waals surface area contributed by atoms with Gasteiger partial charge >= 0.3 is 0 Å². The van der Waals surface area contributed by atoms with Crippen molar-refractivity contribution in [2.24, 2.45) is 10.9 Å². The van der Waals surface area contributed by atoms with Crippen molar-refractivity contribution in [1.82, 2.24) is 4.98 Å². The van der Waals surface area contributed by atoms with Crippen molar-refractivity contribution in [3.8, 4) is 11.5 Å². The quantitative estimate of drug-likeness (QED) is 0.392. The maximum absolute atomic E-state index is 13.7. The summed E-state index contributed by atoms with van der Waals surface area (Å²) in [7, 11) is 0. The zero-order valence-corrected chi connectivity index (χ0v) is 10.3. The highest BCUT2D eigenvalue weighted by molar-refractivity contribution is 6.30. The maximum atomic E-state index is 13.7. The number of benzene rings is 1. The molecule has 19 heavy (non-hydrogen) atoms. The van der Waals surface area contributed by atoms with Crippen LogP contribution in [0.5, 0.6) is 11.5 Å². The highest BCUT2D eigenvalue weighted by Crippen LogP contribution is 2.30. The highest BCUT2D eigenvalue weighted by atomic mass is 35.5. The summed E-state index contributed by atoms with van der Waals surface area (Å²) in [6.45, 7) is 0. The van der Waals surface area contributed by atoms with E-state index in [1.165, 1.54) is 30.6 Å². The molecular formula is C12H9ClFN3O2. The van der Waals surface area contributed by atoms with E-state index < -0.39 is 5.82 Å². The molecular weight excluding hydrogens is 273 g/mol. The molecule has 98 valence electrons. The molecule has 0 spiro atoms. The first kappa shape index (κ1) is 13.1. The number of halogens is 2. The molecule has 0 aliphatic rings. The van der Waals surface area contributed by atoms with Gasteiger partial charge in [-0.2, -0.15) is 0 Å². The van der Waals surface area contributed by atoms with Gasteiger partial charge in [0, 0.05) is 6.20 Å². The number of hydrogen-bond acceptors (Lipinski definition) is 4. The van der Waals surface area contributed by atoms with Crippen molar-refractivity contribution in [3.05, 3.63) is 53.1 Å².